The number of halogens is 1. The third-order valence-electron chi connectivity index (χ3n) is 2.59. The van der Waals surface area contributed by atoms with Crippen LogP contribution in [-0.4, -0.2) is 21.0 Å². The number of ether oxygens (including phenoxy) is 1. The van der Waals surface area contributed by atoms with Gasteiger partial charge in [-0.2, -0.15) is 5.10 Å². The molecule has 0 radical (unpaired) electrons. The lowest BCUT2D eigenvalue weighted by Crippen LogP contribution is -2.03. The van der Waals surface area contributed by atoms with Crippen LogP contribution in [0.1, 0.15) is 11.9 Å². The second-order valence-corrected chi connectivity index (χ2v) is 5.32. The quantitative estimate of drug-likeness (QED) is 0.736. The highest BCUT2D eigenvalue weighted by molar-refractivity contribution is 7.16. The molecule has 1 atom stereocenters. The first-order valence-corrected chi connectivity index (χ1v) is 6.67. The number of benzene rings is 1. The second-order valence-electron chi connectivity index (χ2n) is 4.16. The average Bonchev–Trinajstić information content (AvgIpc) is 2.86. The predicted molar refractivity (Wildman–Crippen MR) is 72.2 cm³/mol. The average molecular weight is 277 g/mol. The summed E-state index contributed by atoms with van der Waals surface area (Å²) in [6.07, 6.45) is 0.572. The van der Waals surface area contributed by atoms with Crippen LogP contribution in [0, 0.1) is 6.92 Å². The Kier molecular flexibility index (Phi) is 2.94. The zero-order valence-electron chi connectivity index (χ0n) is 10.5. The van der Waals surface area contributed by atoms with Crippen molar-refractivity contribution >= 4 is 16.3 Å². The molecule has 2 aromatic heterocycles. The standard InChI is InChI=1S/C13H12FN3OS/c1-8(14)18-11-5-3-10(4-6-11)12-7-17-13(15-12)19-9(2)16-17/h3-8H,1-2H3. The van der Waals surface area contributed by atoms with Gasteiger partial charge in [0.15, 0.2) is 0 Å². The molecule has 19 heavy (non-hydrogen) atoms. The van der Waals surface area contributed by atoms with Crippen molar-refractivity contribution in [1.29, 1.82) is 0 Å². The number of alkyl halides is 1. The first-order valence-electron chi connectivity index (χ1n) is 5.86. The number of rotatable bonds is 3. The SMILES string of the molecule is Cc1nn2cc(-c3ccc(OC(C)F)cc3)nc2s1. The normalized spacial score (nSPS) is 12.8. The first kappa shape index (κ1) is 12.1. The van der Waals surface area contributed by atoms with Crippen molar-refractivity contribution in [3.63, 3.8) is 0 Å². The maximum atomic E-state index is 12.7. The van der Waals surface area contributed by atoms with Crippen molar-refractivity contribution in [3.8, 4) is 17.0 Å². The van der Waals surface area contributed by atoms with Gasteiger partial charge in [0.05, 0.1) is 11.9 Å². The Morgan fingerprint density at radius 1 is 1.32 bits per heavy atom. The minimum Gasteiger partial charge on any atom is -0.461 e. The Balaban J connectivity index is 1.90. The number of nitrogens with zero attached hydrogens (tertiary/aromatic N) is 3. The smallest absolute Gasteiger partial charge is 0.235 e. The Morgan fingerprint density at radius 2 is 2.05 bits per heavy atom. The highest BCUT2D eigenvalue weighted by atomic mass is 32.1. The summed E-state index contributed by atoms with van der Waals surface area (Å²) >= 11 is 1.55. The predicted octanol–water partition coefficient (Wildman–Crippen LogP) is 3.46. The number of aryl methyl sites for hydroxylation is 1. The van der Waals surface area contributed by atoms with Crippen LogP contribution in [0.4, 0.5) is 4.39 Å². The van der Waals surface area contributed by atoms with E-state index in [4.69, 9.17) is 4.74 Å². The Hall–Kier alpha value is -1.95. The van der Waals surface area contributed by atoms with Gasteiger partial charge in [-0.3, -0.25) is 0 Å². The lowest BCUT2D eigenvalue weighted by atomic mass is 10.2. The second kappa shape index (κ2) is 4.62. The molecule has 0 saturated carbocycles. The van der Waals surface area contributed by atoms with Crippen molar-refractivity contribution in [2.75, 3.05) is 0 Å². The van der Waals surface area contributed by atoms with Gasteiger partial charge < -0.3 is 4.74 Å². The molecule has 1 unspecified atom stereocenters. The van der Waals surface area contributed by atoms with Crippen molar-refractivity contribution in [1.82, 2.24) is 14.6 Å². The third-order valence-corrected chi connectivity index (χ3v) is 3.43. The lowest BCUT2D eigenvalue weighted by Gasteiger charge is -2.06. The van der Waals surface area contributed by atoms with Crippen molar-refractivity contribution in [2.45, 2.75) is 20.2 Å². The topological polar surface area (TPSA) is 39.4 Å². The van der Waals surface area contributed by atoms with Crippen LogP contribution in [0.2, 0.25) is 0 Å². The molecule has 1 aromatic carbocycles. The summed E-state index contributed by atoms with van der Waals surface area (Å²) in [5.74, 6) is 0.508. The van der Waals surface area contributed by atoms with Gasteiger partial charge in [-0.05, 0) is 31.2 Å². The van der Waals surface area contributed by atoms with E-state index in [2.05, 4.69) is 10.1 Å². The number of fused-ring (bicyclic) bond motifs is 1. The fourth-order valence-electron chi connectivity index (χ4n) is 1.83. The Labute approximate surface area is 113 Å². The Bertz CT molecular complexity index is 671. The molecule has 3 rings (SSSR count). The van der Waals surface area contributed by atoms with Crippen LogP contribution < -0.4 is 4.74 Å². The van der Waals surface area contributed by atoms with Gasteiger partial charge in [0.2, 0.25) is 11.3 Å². The van der Waals surface area contributed by atoms with E-state index >= 15 is 0 Å². The van der Waals surface area contributed by atoms with Gasteiger partial charge in [-0.1, -0.05) is 11.3 Å². The summed E-state index contributed by atoms with van der Waals surface area (Å²) in [6, 6.07) is 7.18. The largest absolute Gasteiger partial charge is 0.461 e. The molecule has 0 aliphatic heterocycles. The van der Waals surface area contributed by atoms with Gasteiger partial charge in [0.1, 0.15) is 10.8 Å². The van der Waals surface area contributed by atoms with E-state index in [-0.39, 0.29) is 0 Å². The zero-order valence-corrected chi connectivity index (χ0v) is 11.3. The minimum absolute atomic E-state index is 0.508. The molecule has 2 heterocycles. The summed E-state index contributed by atoms with van der Waals surface area (Å²) in [7, 11) is 0. The summed E-state index contributed by atoms with van der Waals surface area (Å²) < 4.78 is 19.4. The molecule has 3 aromatic rings. The molecule has 0 aliphatic carbocycles. The highest BCUT2D eigenvalue weighted by Crippen LogP contribution is 2.24. The molecule has 0 amide bonds. The molecule has 0 saturated heterocycles. The molecule has 98 valence electrons. The minimum atomic E-state index is -1.31. The number of hydrogen-bond donors (Lipinski definition) is 0. The highest BCUT2D eigenvalue weighted by Gasteiger charge is 2.08. The molecule has 4 nitrogen and oxygen atoms in total. The van der Waals surface area contributed by atoms with E-state index in [1.54, 1.807) is 28.0 Å². The summed E-state index contributed by atoms with van der Waals surface area (Å²) in [5.41, 5.74) is 1.80. The Morgan fingerprint density at radius 3 is 2.68 bits per heavy atom. The number of hydrogen-bond acceptors (Lipinski definition) is 4. The van der Waals surface area contributed by atoms with Crippen molar-refractivity contribution < 1.29 is 9.13 Å². The fraction of sp³-hybridized carbons (Fsp3) is 0.231. The molecular weight excluding hydrogens is 265 g/mol. The lowest BCUT2D eigenvalue weighted by molar-refractivity contribution is 0.0861. The summed E-state index contributed by atoms with van der Waals surface area (Å²) in [4.78, 5) is 5.36. The van der Waals surface area contributed by atoms with E-state index in [1.807, 2.05) is 25.3 Å². The van der Waals surface area contributed by atoms with Crippen LogP contribution in [0.3, 0.4) is 0 Å². The maximum Gasteiger partial charge on any atom is 0.235 e. The molecule has 0 aliphatic rings. The maximum absolute atomic E-state index is 12.7. The van der Waals surface area contributed by atoms with Crippen LogP contribution in [0.25, 0.3) is 16.2 Å². The summed E-state index contributed by atoms with van der Waals surface area (Å²) in [5, 5.41) is 5.30. The van der Waals surface area contributed by atoms with Gasteiger partial charge in [0, 0.05) is 12.5 Å². The molecule has 0 N–H and O–H groups in total. The fourth-order valence-corrected chi connectivity index (χ4v) is 2.55. The van der Waals surface area contributed by atoms with E-state index in [0.717, 1.165) is 21.2 Å². The van der Waals surface area contributed by atoms with Crippen LogP contribution in [0.5, 0.6) is 5.75 Å². The molecule has 6 heteroatoms. The van der Waals surface area contributed by atoms with Gasteiger partial charge in [0.25, 0.3) is 0 Å². The van der Waals surface area contributed by atoms with Crippen LogP contribution >= 0.6 is 11.3 Å². The van der Waals surface area contributed by atoms with E-state index in [9.17, 15) is 4.39 Å². The van der Waals surface area contributed by atoms with E-state index < -0.39 is 6.36 Å². The molecule has 0 spiro atoms. The zero-order chi connectivity index (χ0) is 13.4. The first-order chi connectivity index (χ1) is 9.11. The van der Waals surface area contributed by atoms with Gasteiger partial charge in [-0.25, -0.2) is 13.9 Å². The monoisotopic (exact) mass is 277 g/mol. The molecule has 0 bridgehead atoms. The van der Waals surface area contributed by atoms with Crippen LogP contribution in [-0.2, 0) is 0 Å². The number of imidazole rings is 1. The van der Waals surface area contributed by atoms with Crippen LogP contribution in [0.15, 0.2) is 30.5 Å². The van der Waals surface area contributed by atoms with E-state index in [0.29, 0.717) is 5.75 Å². The van der Waals surface area contributed by atoms with Crippen molar-refractivity contribution in [2.24, 2.45) is 0 Å². The third kappa shape index (κ3) is 2.44. The van der Waals surface area contributed by atoms with Crippen molar-refractivity contribution in [3.05, 3.63) is 35.5 Å². The van der Waals surface area contributed by atoms with E-state index in [1.165, 1.54) is 6.92 Å². The molecular formula is C13H12FN3OS. The number of aromatic nitrogens is 3. The molecule has 0 fully saturated rings. The van der Waals surface area contributed by atoms with Gasteiger partial charge in [-0.15, -0.1) is 0 Å². The van der Waals surface area contributed by atoms with Gasteiger partial charge >= 0.3 is 0 Å². The summed E-state index contributed by atoms with van der Waals surface area (Å²) in [6.45, 7) is 3.30.